The lowest BCUT2D eigenvalue weighted by atomic mass is 9.99. The standard InChI is InChI=1S/C18H21N3O/c1-20-16-11-9-14(12-17(16)21(2)18(20)22)15(19)10-8-13-6-4-3-5-7-13/h3-7,9,11-12,15H,8,10,19H2,1-2H3. The lowest BCUT2D eigenvalue weighted by molar-refractivity contribution is 0.652. The first-order chi connectivity index (χ1) is 10.6. The molecule has 4 heteroatoms. The molecule has 0 aliphatic carbocycles. The Bertz CT molecular complexity index is 846. The fourth-order valence-electron chi connectivity index (χ4n) is 2.89. The second-order valence-corrected chi connectivity index (χ2v) is 5.78. The van der Waals surface area contributed by atoms with Gasteiger partial charge >= 0.3 is 5.69 Å². The predicted molar refractivity (Wildman–Crippen MR) is 89.9 cm³/mol. The van der Waals surface area contributed by atoms with E-state index >= 15 is 0 Å². The van der Waals surface area contributed by atoms with Crippen molar-refractivity contribution in [1.82, 2.24) is 9.13 Å². The number of imidazole rings is 1. The van der Waals surface area contributed by atoms with Crippen LogP contribution in [-0.4, -0.2) is 9.13 Å². The average molecular weight is 295 g/mol. The number of nitrogens with zero attached hydrogens (tertiary/aromatic N) is 2. The van der Waals surface area contributed by atoms with Gasteiger partial charge in [0.2, 0.25) is 0 Å². The van der Waals surface area contributed by atoms with Crippen LogP contribution in [0.5, 0.6) is 0 Å². The highest BCUT2D eigenvalue weighted by Gasteiger charge is 2.11. The highest BCUT2D eigenvalue weighted by molar-refractivity contribution is 5.77. The van der Waals surface area contributed by atoms with Crippen molar-refractivity contribution in [1.29, 1.82) is 0 Å². The Kier molecular flexibility index (Phi) is 3.86. The van der Waals surface area contributed by atoms with Gasteiger partial charge < -0.3 is 5.73 Å². The second kappa shape index (κ2) is 5.81. The highest BCUT2D eigenvalue weighted by atomic mass is 16.1. The van der Waals surface area contributed by atoms with Crippen molar-refractivity contribution in [3.05, 3.63) is 70.1 Å². The van der Waals surface area contributed by atoms with Gasteiger partial charge in [0, 0.05) is 20.1 Å². The molecule has 1 aromatic heterocycles. The Balaban J connectivity index is 1.84. The first-order valence-corrected chi connectivity index (χ1v) is 7.53. The van der Waals surface area contributed by atoms with E-state index in [1.54, 1.807) is 23.2 Å². The van der Waals surface area contributed by atoms with Crippen molar-refractivity contribution >= 4 is 11.0 Å². The summed E-state index contributed by atoms with van der Waals surface area (Å²) in [4.78, 5) is 12.0. The Morgan fingerprint density at radius 3 is 2.41 bits per heavy atom. The molecule has 3 rings (SSSR count). The minimum atomic E-state index is -0.0279. The van der Waals surface area contributed by atoms with Crippen molar-refractivity contribution < 1.29 is 0 Å². The number of hydrogen-bond acceptors (Lipinski definition) is 2. The normalized spacial score (nSPS) is 12.7. The van der Waals surface area contributed by atoms with Crippen LogP contribution < -0.4 is 11.4 Å². The molecule has 2 aromatic carbocycles. The molecule has 0 saturated heterocycles. The molecule has 3 aromatic rings. The molecular weight excluding hydrogens is 274 g/mol. The number of nitrogens with two attached hydrogens (primary N) is 1. The van der Waals surface area contributed by atoms with Crippen LogP contribution in [0.3, 0.4) is 0 Å². The molecular formula is C18H21N3O. The van der Waals surface area contributed by atoms with Crippen molar-refractivity contribution in [2.75, 3.05) is 0 Å². The molecule has 0 aliphatic rings. The van der Waals surface area contributed by atoms with Crippen molar-refractivity contribution in [3.63, 3.8) is 0 Å². The van der Waals surface area contributed by atoms with E-state index in [2.05, 4.69) is 12.1 Å². The fraction of sp³-hybridized carbons (Fsp3) is 0.278. The summed E-state index contributed by atoms with van der Waals surface area (Å²) in [5.41, 5.74) is 10.6. The number of fused-ring (bicyclic) bond motifs is 1. The van der Waals surface area contributed by atoms with Gasteiger partial charge in [-0.15, -0.1) is 0 Å². The molecule has 0 saturated carbocycles. The Morgan fingerprint density at radius 1 is 1.00 bits per heavy atom. The summed E-state index contributed by atoms with van der Waals surface area (Å²) in [6, 6.07) is 16.4. The van der Waals surface area contributed by atoms with Gasteiger partial charge in [-0.25, -0.2) is 4.79 Å². The van der Waals surface area contributed by atoms with E-state index in [0.717, 1.165) is 29.4 Å². The molecule has 0 spiro atoms. The summed E-state index contributed by atoms with van der Waals surface area (Å²) >= 11 is 0. The number of rotatable bonds is 4. The first-order valence-electron chi connectivity index (χ1n) is 7.53. The second-order valence-electron chi connectivity index (χ2n) is 5.78. The van der Waals surface area contributed by atoms with Gasteiger partial charge in [-0.1, -0.05) is 36.4 Å². The zero-order valence-electron chi connectivity index (χ0n) is 13.0. The summed E-state index contributed by atoms with van der Waals surface area (Å²) in [7, 11) is 3.59. The maximum Gasteiger partial charge on any atom is 0.328 e. The van der Waals surface area contributed by atoms with Crippen molar-refractivity contribution in [2.24, 2.45) is 19.8 Å². The number of hydrogen-bond donors (Lipinski definition) is 1. The van der Waals surface area contributed by atoms with E-state index < -0.39 is 0 Å². The molecule has 0 radical (unpaired) electrons. The molecule has 0 bridgehead atoms. The third-order valence-electron chi connectivity index (χ3n) is 4.31. The van der Waals surface area contributed by atoms with Gasteiger partial charge in [0.25, 0.3) is 0 Å². The first kappa shape index (κ1) is 14.6. The van der Waals surface area contributed by atoms with E-state index in [1.807, 2.05) is 36.4 Å². The van der Waals surface area contributed by atoms with Crippen LogP contribution >= 0.6 is 0 Å². The zero-order chi connectivity index (χ0) is 15.7. The van der Waals surface area contributed by atoms with Gasteiger partial charge in [-0.05, 0) is 36.1 Å². The predicted octanol–water partition coefficient (Wildman–Crippen LogP) is 2.51. The monoisotopic (exact) mass is 295 g/mol. The zero-order valence-corrected chi connectivity index (χ0v) is 13.0. The molecule has 0 aliphatic heterocycles. The molecule has 0 amide bonds. The van der Waals surface area contributed by atoms with Gasteiger partial charge in [-0.2, -0.15) is 0 Å². The van der Waals surface area contributed by atoms with Crippen LogP contribution in [0.15, 0.2) is 53.3 Å². The van der Waals surface area contributed by atoms with Crippen molar-refractivity contribution in [3.8, 4) is 0 Å². The van der Waals surface area contributed by atoms with Crippen LogP contribution in [0.2, 0.25) is 0 Å². The Morgan fingerprint density at radius 2 is 1.68 bits per heavy atom. The molecule has 0 fully saturated rings. The largest absolute Gasteiger partial charge is 0.328 e. The van der Waals surface area contributed by atoms with Crippen LogP contribution in [-0.2, 0) is 20.5 Å². The summed E-state index contributed by atoms with van der Waals surface area (Å²) < 4.78 is 3.33. The molecule has 22 heavy (non-hydrogen) atoms. The Hall–Kier alpha value is -2.33. The van der Waals surface area contributed by atoms with Gasteiger partial charge in [0.05, 0.1) is 11.0 Å². The molecule has 1 unspecified atom stereocenters. The minimum absolute atomic E-state index is 0.00925. The summed E-state index contributed by atoms with van der Waals surface area (Å²) in [6.07, 6.45) is 1.84. The van der Waals surface area contributed by atoms with Crippen molar-refractivity contribution in [2.45, 2.75) is 18.9 Å². The lowest BCUT2D eigenvalue weighted by Gasteiger charge is -2.12. The third-order valence-corrected chi connectivity index (χ3v) is 4.31. The third kappa shape index (κ3) is 2.57. The maximum absolute atomic E-state index is 12.0. The lowest BCUT2D eigenvalue weighted by Crippen LogP contribution is -2.19. The smallest absolute Gasteiger partial charge is 0.324 e. The van der Waals surface area contributed by atoms with Gasteiger partial charge in [0.15, 0.2) is 0 Å². The SMILES string of the molecule is Cn1c(=O)n(C)c2cc(C(N)CCc3ccccc3)ccc21. The maximum atomic E-state index is 12.0. The highest BCUT2D eigenvalue weighted by Crippen LogP contribution is 2.21. The number of benzene rings is 2. The van der Waals surface area contributed by atoms with Crippen LogP contribution in [0.4, 0.5) is 0 Å². The van der Waals surface area contributed by atoms with E-state index in [1.165, 1.54) is 5.56 Å². The van der Waals surface area contributed by atoms with E-state index in [-0.39, 0.29) is 11.7 Å². The minimum Gasteiger partial charge on any atom is -0.324 e. The molecule has 4 nitrogen and oxygen atoms in total. The molecule has 114 valence electrons. The number of aromatic nitrogens is 2. The summed E-state index contributed by atoms with van der Waals surface area (Å²) in [5, 5.41) is 0. The molecule has 2 N–H and O–H groups in total. The summed E-state index contributed by atoms with van der Waals surface area (Å²) in [5.74, 6) is 0. The van der Waals surface area contributed by atoms with E-state index in [9.17, 15) is 4.79 Å². The van der Waals surface area contributed by atoms with E-state index in [0.29, 0.717) is 0 Å². The molecule has 1 heterocycles. The van der Waals surface area contributed by atoms with Gasteiger partial charge in [-0.3, -0.25) is 9.13 Å². The number of aryl methyl sites for hydroxylation is 3. The average Bonchev–Trinajstić information content (AvgIpc) is 2.78. The quantitative estimate of drug-likeness (QED) is 0.804. The topological polar surface area (TPSA) is 53.0 Å². The Labute approximate surface area is 129 Å². The fourth-order valence-corrected chi connectivity index (χ4v) is 2.89. The van der Waals surface area contributed by atoms with E-state index in [4.69, 9.17) is 5.73 Å². The van der Waals surface area contributed by atoms with Crippen LogP contribution in [0.25, 0.3) is 11.0 Å². The summed E-state index contributed by atoms with van der Waals surface area (Å²) in [6.45, 7) is 0. The van der Waals surface area contributed by atoms with Gasteiger partial charge in [0.1, 0.15) is 0 Å². The molecule has 1 atom stereocenters. The van der Waals surface area contributed by atoms with Crippen LogP contribution in [0.1, 0.15) is 23.6 Å². The van der Waals surface area contributed by atoms with Crippen LogP contribution in [0, 0.1) is 0 Å².